The molecule has 2 bridgehead atoms. The third kappa shape index (κ3) is 1.34. The number of hydrogen-bond acceptors (Lipinski definition) is 1. The standard InChI is InChI=1S/C18H22O/c1-16(2)17(3)10-11-18(16,4)15(19)14(17)12-13-8-6-5-7-9-13/h5-9,12H,10-11H2,1-4H3/b14-12+. The predicted octanol–water partition coefficient (Wildman–Crippen LogP) is 4.49. The number of benzene rings is 1. The average molecular weight is 254 g/mol. The minimum atomic E-state index is -0.178. The Morgan fingerprint density at radius 2 is 1.53 bits per heavy atom. The number of fused-ring (bicyclic) bond motifs is 2. The van der Waals surface area contributed by atoms with Crippen LogP contribution in [0.15, 0.2) is 35.9 Å². The minimum Gasteiger partial charge on any atom is -0.294 e. The molecule has 2 atom stereocenters. The Hall–Kier alpha value is -1.37. The number of rotatable bonds is 1. The molecule has 2 aliphatic rings. The van der Waals surface area contributed by atoms with Gasteiger partial charge in [-0.25, -0.2) is 0 Å². The molecular formula is C18H22O. The zero-order valence-corrected chi connectivity index (χ0v) is 12.3. The van der Waals surface area contributed by atoms with Crippen molar-refractivity contribution in [2.75, 3.05) is 0 Å². The van der Waals surface area contributed by atoms with Gasteiger partial charge in [-0.15, -0.1) is 0 Å². The highest BCUT2D eigenvalue weighted by Gasteiger charge is 2.69. The summed E-state index contributed by atoms with van der Waals surface area (Å²) in [6.45, 7) is 8.97. The summed E-state index contributed by atoms with van der Waals surface area (Å²) in [7, 11) is 0. The van der Waals surface area contributed by atoms with Gasteiger partial charge in [-0.2, -0.15) is 0 Å². The van der Waals surface area contributed by atoms with Gasteiger partial charge in [0.15, 0.2) is 5.78 Å². The number of ketones is 1. The zero-order valence-electron chi connectivity index (χ0n) is 12.3. The van der Waals surface area contributed by atoms with E-state index in [1.54, 1.807) is 0 Å². The first-order valence-corrected chi connectivity index (χ1v) is 7.15. The highest BCUT2D eigenvalue weighted by Crippen LogP contribution is 2.72. The van der Waals surface area contributed by atoms with Crippen LogP contribution in [0.4, 0.5) is 0 Å². The summed E-state index contributed by atoms with van der Waals surface area (Å²) in [5.74, 6) is 0.370. The summed E-state index contributed by atoms with van der Waals surface area (Å²) in [4.78, 5) is 12.8. The summed E-state index contributed by atoms with van der Waals surface area (Å²) >= 11 is 0. The molecule has 1 heteroatoms. The van der Waals surface area contributed by atoms with E-state index in [9.17, 15) is 4.79 Å². The molecule has 19 heavy (non-hydrogen) atoms. The zero-order chi connectivity index (χ0) is 13.9. The van der Waals surface area contributed by atoms with Gasteiger partial charge >= 0.3 is 0 Å². The molecule has 0 aromatic heterocycles. The van der Waals surface area contributed by atoms with Crippen molar-refractivity contribution < 1.29 is 4.79 Å². The predicted molar refractivity (Wildman–Crippen MR) is 78.7 cm³/mol. The Balaban J connectivity index is 2.15. The lowest BCUT2D eigenvalue weighted by molar-refractivity contribution is -0.125. The molecule has 0 spiro atoms. The number of hydrogen-bond donors (Lipinski definition) is 0. The second-order valence-corrected chi connectivity index (χ2v) is 7.09. The van der Waals surface area contributed by atoms with E-state index in [0.29, 0.717) is 5.78 Å². The lowest BCUT2D eigenvalue weighted by atomic mass is 9.65. The van der Waals surface area contributed by atoms with E-state index in [1.807, 2.05) is 18.2 Å². The van der Waals surface area contributed by atoms with Crippen molar-refractivity contribution >= 4 is 11.9 Å². The number of carbonyl (C=O) groups excluding carboxylic acids is 1. The van der Waals surface area contributed by atoms with E-state index >= 15 is 0 Å². The van der Waals surface area contributed by atoms with Crippen molar-refractivity contribution in [2.45, 2.75) is 40.5 Å². The highest BCUT2D eigenvalue weighted by molar-refractivity contribution is 6.09. The maximum atomic E-state index is 12.8. The average Bonchev–Trinajstić information content (AvgIpc) is 2.63. The van der Waals surface area contributed by atoms with Crippen LogP contribution in [0.1, 0.15) is 46.1 Å². The fraction of sp³-hybridized carbons (Fsp3) is 0.500. The normalized spacial score (nSPS) is 38.1. The highest BCUT2D eigenvalue weighted by atomic mass is 16.1. The van der Waals surface area contributed by atoms with Crippen LogP contribution in [0, 0.1) is 16.2 Å². The van der Waals surface area contributed by atoms with E-state index < -0.39 is 0 Å². The summed E-state index contributed by atoms with van der Waals surface area (Å²) < 4.78 is 0. The summed E-state index contributed by atoms with van der Waals surface area (Å²) in [6.07, 6.45) is 4.27. The van der Waals surface area contributed by atoms with Gasteiger partial charge in [0.25, 0.3) is 0 Å². The van der Waals surface area contributed by atoms with Crippen LogP contribution in [-0.4, -0.2) is 5.78 Å². The van der Waals surface area contributed by atoms with E-state index in [2.05, 4.69) is 45.9 Å². The first kappa shape index (κ1) is 12.7. The second-order valence-electron chi connectivity index (χ2n) is 7.09. The molecule has 2 fully saturated rings. The Bertz CT molecular complexity index is 567. The van der Waals surface area contributed by atoms with Gasteiger partial charge in [-0.05, 0) is 29.9 Å². The SMILES string of the molecule is CC12CCC(C)(/C(=C/c3ccccc3)C1=O)C2(C)C. The quantitative estimate of drug-likeness (QED) is 0.675. The summed E-state index contributed by atoms with van der Waals surface area (Å²) in [5.41, 5.74) is 2.07. The van der Waals surface area contributed by atoms with Gasteiger partial charge in [0, 0.05) is 16.4 Å². The van der Waals surface area contributed by atoms with Crippen molar-refractivity contribution in [1.29, 1.82) is 0 Å². The van der Waals surface area contributed by atoms with Crippen LogP contribution in [0.25, 0.3) is 6.08 Å². The van der Waals surface area contributed by atoms with Crippen molar-refractivity contribution in [3.63, 3.8) is 0 Å². The van der Waals surface area contributed by atoms with Crippen LogP contribution in [-0.2, 0) is 4.79 Å². The molecule has 2 unspecified atom stereocenters. The smallest absolute Gasteiger partial charge is 0.165 e. The van der Waals surface area contributed by atoms with Crippen LogP contribution >= 0.6 is 0 Å². The molecule has 0 N–H and O–H groups in total. The third-order valence-corrected chi connectivity index (χ3v) is 6.33. The Labute approximate surface area is 115 Å². The topological polar surface area (TPSA) is 17.1 Å². The fourth-order valence-electron chi connectivity index (χ4n) is 4.09. The van der Waals surface area contributed by atoms with E-state index in [0.717, 1.165) is 24.0 Å². The maximum Gasteiger partial charge on any atom is 0.165 e. The first-order valence-electron chi connectivity index (χ1n) is 7.15. The molecule has 0 saturated heterocycles. The van der Waals surface area contributed by atoms with Crippen molar-refractivity contribution in [3.05, 3.63) is 41.5 Å². The summed E-state index contributed by atoms with van der Waals surface area (Å²) in [5, 5.41) is 0. The third-order valence-electron chi connectivity index (χ3n) is 6.33. The lowest BCUT2D eigenvalue weighted by Crippen LogP contribution is -2.34. The first-order chi connectivity index (χ1) is 8.83. The van der Waals surface area contributed by atoms with Crippen molar-refractivity contribution in [2.24, 2.45) is 16.2 Å². The molecule has 3 rings (SSSR count). The lowest BCUT2D eigenvalue weighted by Gasteiger charge is -2.37. The number of carbonyl (C=O) groups is 1. The molecule has 1 aromatic rings. The molecule has 0 aliphatic heterocycles. The molecular weight excluding hydrogens is 232 g/mol. The second kappa shape index (κ2) is 3.59. The Morgan fingerprint density at radius 3 is 2.05 bits per heavy atom. The van der Waals surface area contributed by atoms with Gasteiger partial charge in [-0.1, -0.05) is 58.0 Å². The largest absolute Gasteiger partial charge is 0.294 e. The van der Waals surface area contributed by atoms with Crippen LogP contribution in [0.2, 0.25) is 0 Å². The molecule has 2 saturated carbocycles. The van der Waals surface area contributed by atoms with Gasteiger partial charge in [0.1, 0.15) is 0 Å². The minimum absolute atomic E-state index is 0.0225. The summed E-state index contributed by atoms with van der Waals surface area (Å²) in [6, 6.07) is 10.2. The van der Waals surface area contributed by atoms with Gasteiger partial charge in [0.05, 0.1) is 0 Å². The molecule has 0 heterocycles. The Kier molecular flexibility index (Phi) is 2.39. The molecule has 1 nitrogen and oxygen atoms in total. The van der Waals surface area contributed by atoms with Crippen LogP contribution in [0.5, 0.6) is 0 Å². The van der Waals surface area contributed by atoms with E-state index in [1.165, 1.54) is 0 Å². The van der Waals surface area contributed by atoms with Gasteiger partial charge < -0.3 is 0 Å². The fourth-order valence-corrected chi connectivity index (χ4v) is 4.09. The maximum absolute atomic E-state index is 12.8. The van der Waals surface area contributed by atoms with Crippen molar-refractivity contribution in [3.8, 4) is 0 Å². The number of Topliss-reactive ketones (excluding diaryl/α,β-unsaturated/α-hetero) is 1. The molecule has 0 radical (unpaired) electrons. The van der Waals surface area contributed by atoms with E-state index in [4.69, 9.17) is 0 Å². The molecule has 2 aliphatic carbocycles. The van der Waals surface area contributed by atoms with Gasteiger partial charge in [0.2, 0.25) is 0 Å². The van der Waals surface area contributed by atoms with E-state index in [-0.39, 0.29) is 16.2 Å². The number of allylic oxidation sites excluding steroid dienone is 1. The van der Waals surface area contributed by atoms with Crippen molar-refractivity contribution in [1.82, 2.24) is 0 Å². The monoisotopic (exact) mass is 254 g/mol. The molecule has 0 amide bonds. The van der Waals surface area contributed by atoms with Crippen LogP contribution in [0.3, 0.4) is 0 Å². The van der Waals surface area contributed by atoms with Gasteiger partial charge in [-0.3, -0.25) is 4.79 Å². The van der Waals surface area contributed by atoms with Crippen LogP contribution < -0.4 is 0 Å². The Morgan fingerprint density at radius 1 is 0.947 bits per heavy atom. The molecule has 100 valence electrons. The molecule has 1 aromatic carbocycles.